The van der Waals surface area contributed by atoms with Gasteiger partial charge in [0.05, 0.1) is 11.4 Å². The van der Waals surface area contributed by atoms with Gasteiger partial charge in [0.1, 0.15) is 0 Å². The lowest BCUT2D eigenvalue weighted by Gasteiger charge is -2.21. The van der Waals surface area contributed by atoms with E-state index in [-0.39, 0.29) is 16.7 Å². The lowest BCUT2D eigenvalue weighted by atomic mass is 10.2. The normalized spacial score (nSPS) is 13.1. The third-order valence-electron chi connectivity index (χ3n) is 1.69. The molecule has 0 saturated carbocycles. The first-order valence-corrected chi connectivity index (χ1v) is 5.28. The third kappa shape index (κ3) is 5.26. The maximum Gasteiger partial charge on any atom is 0.224 e. The Labute approximate surface area is 88.6 Å². The second-order valence-corrected chi connectivity index (χ2v) is 4.72. The van der Waals surface area contributed by atoms with Crippen LogP contribution >= 0.6 is 15.9 Å². The van der Waals surface area contributed by atoms with E-state index in [0.717, 1.165) is 0 Å². The van der Waals surface area contributed by atoms with Crippen molar-refractivity contribution in [2.45, 2.75) is 18.7 Å². The predicted molar refractivity (Wildman–Crippen MR) is 57.1 cm³/mol. The highest BCUT2D eigenvalue weighted by Gasteiger charge is 2.15. The topological polar surface area (TPSA) is 29.5 Å². The third-order valence-corrected chi connectivity index (χ3v) is 2.24. The van der Waals surface area contributed by atoms with Crippen molar-refractivity contribution < 1.29 is 9.53 Å². The van der Waals surface area contributed by atoms with Crippen molar-refractivity contribution in [3.8, 4) is 0 Å². The molecular weight excluding hydrogens is 234 g/mol. The number of carbonyl (C=O) groups is 1. The van der Waals surface area contributed by atoms with E-state index in [1.165, 1.54) is 0 Å². The Kier molecular flexibility index (Phi) is 6.33. The Hall–Kier alpha value is -0.0900. The van der Waals surface area contributed by atoms with Gasteiger partial charge in [0.25, 0.3) is 0 Å². The van der Waals surface area contributed by atoms with Gasteiger partial charge in [-0.25, -0.2) is 0 Å². The van der Waals surface area contributed by atoms with Crippen molar-refractivity contribution in [1.29, 1.82) is 0 Å². The lowest BCUT2D eigenvalue weighted by molar-refractivity contribution is -0.133. The van der Waals surface area contributed by atoms with Crippen molar-refractivity contribution in [2.75, 3.05) is 27.3 Å². The van der Waals surface area contributed by atoms with Crippen LogP contribution in [0, 0.1) is 5.92 Å². The second-order valence-electron chi connectivity index (χ2n) is 3.43. The molecule has 0 bridgehead atoms. The summed E-state index contributed by atoms with van der Waals surface area (Å²) in [5.41, 5.74) is 0. The van der Waals surface area contributed by atoms with E-state index in [2.05, 4.69) is 15.9 Å². The number of halogens is 1. The van der Waals surface area contributed by atoms with Crippen LogP contribution in [0.15, 0.2) is 0 Å². The van der Waals surface area contributed by atoms with Crippen molar-refractivity contribution >= 4 is 21.8 Å². The van der Waals surface area contributed by atoms with Gasteiger partial charge in [0.2, 0.25) is 5.91 Å². The second kappa shape index (κ2) is 6.38. The Morgan fingerprint density at radius 1 is 1.54 bits per heavy atom. The SMILES string of the molecule is COCC(Br)CN(C)C(=O)C(C)C. The molecule has 1 unspecified atom stereocenters. The fraction of sp³-hybridized carbons (Fsp3) is 0.889. The maximum atomic E-state index is 11.4. The number of alkyl halides is 1. The maximum absolute atomic E-state index is 11.4. The first-order valence-electron chi connectivity index (χ1n) is 4.37. The fourth-order valence-electron chi connectivity index (χ4n) is 1.06. The highest BCUT2D eigenvalue weighted by Crippen LogP contribution is 2.05. The molecule has 0 aliphatic heterocycles. The highest BCUT2D eigenvalue weighted by molar-refractivity contribution is 9.09. The summed E-state index contributed by atoms with van der Waals surface area (Å²) in [5.74, 6) is 0.229. The first kappa shape index (κ1) is 12.9. The van der Waals surface area contributed by atoms with Crippen molar-refractivity contribution in [3.05, 3.63) is 0 Å². The Bertz CT molecular complexity index is 162. The molecule has 1 atom stereocenters. The van der Waals surface area contributed by atoms with Gasteiger partial charge in [-0.15, -0.1) is 0 Å². The van der Waals surface area contributed by atoms with E-state index in [9.17, 15) is 4.79 Å². The van der Waals surface area contributed by atoms with Crippen LogP contribution in [-0.2, 0) is 9.53 Å². The molecular formula is C9H18BrNO2. The van der Waals surface area contributed by atoms with Crippen molar-refractivity contribution in [3.63, 3.8) is 0 Å². The van der Waals surface area contributed by atoms with E-state index in [1.54, 1.807) is 12.0 Å². The minimum absolute atomic E-state index is 0.0623. The summed E-state index contributed by atoms with van der Waals surface area (Å²) in [5, 5.41) is 0. The van der Waals surface area contributed by atoms with Gasteiger partial charge in [-0.2, -0.15) is 0 Å². The van der Waals surface area contributed by atoms with Crippen molar-refractivity contribution in [2.24, 2.45) is 5.92 Å². The number of carbonyl (C=O) groups excluding carboxylic acids is 1. The number of ether oxygens (including phenoxy) is 1. The van der Waals surface area contributed by atoms with Crippen LogP contribution in [0.1, 0.15) is 13.8 Å². The van der Waals surface area contributed by atoms with E-state index in [1.807, 2.05) is 20.9 Å². The molecule has 0 aromatic heterocycles. The quantitative estimate of drug-likeness (QED) is 0.694. The largest absolute Gasteiger partial charge is 0.383 e. The van der Waals surface area contributed by atoms with Crippen LogP contribution in [-0.4, -0.2) is 42.9 Å². The summed E-state index contributed by atoms with van der Waals surface area (Å²) in [7, 11) is 3.46. The summed E-state index contributed by atoms with van der Waals surface area (Å²) < 4.78 is 4.96. The zero-order chi connectivity index (χ0) is 10.4. The number of amides is 1. The van der Waals surface area contributed by atoms with Crippen LogP contribution < -0.4 is 0 Å². The molecule has 1 amide bonds. The molecule has 4 heteroatoms. The van der Waals surface area contributed by atoms with Crippen LogP contribution in [0.5, 0.6) is 0 Å². The van der Waals surface area contributed by atoms with Crippen LogP contribution in [0.3, 0.4) is 0 Å². The van der Waals surface area contributed by atoms with Gasteiger partial charge >= 0.3 is 0 Å². The first-order chi connectivity index (χ1) is 5.99. The molecule has 0 fully saturated rings. The Morgan fingerprint density at radius 3 is 2.46 bits per heavy atom. The molecule has 0 aromatic rings. The molecule has 0 heterocycles. The smallest absolute Gasteiger partial charge is 0.224 e. The standard InChI is InChI=1S/C9H18BrNO2/c1-7(2)9(12)11(3)5-8(10)6-13-4/h7-8H,5-6H2,1-4H3. The van der Waals surface area contributed by atoms with E-state index >= 15 is 0 Å². The number of methoxy groups -OCH3 is 1. The summed E-state index contributed by atoms with van der Waals surface area (Å²) in [6, 6.07) is 0. The minimum atomic E-state index is 0.0623. The van der Waals surface area contributed by atoms with Crippen molar-refractivity contribution in [1.82, 2.24) is 4.90 Å². The summed E-state index contributed by atoms with van der Waals surface area (Å²) >= 11 is 3.44. The fourth-order valence-corrected chi connectivity index (χ4v) is 1.76. The van der Waals surface area contributed by atoms with Crippen LogP contribution in [0.25, 0.3) is 0 Å². The van der Waals surface area contributed by atoms with Crippen LogP contribution in [0.4, 0.5) is 0 Å². The molecule has 0 saturated heterocycles. The molecule has 0 aromatic carbocycles. The monoisotopic (exact) mass is 251 g/mol. The molecule has 0 radical (unpaired) electrons. The molecule has 0 aliphatic rings. The number of nitrogens with zero attached hydrogens (tertiary/aromatic N) is 1. The summed E-state index contributed by atoms with van der Waals surface area (Å²) in [6.45, 7) is 5.11. The summed E-state index contributed by atoms with van der Waals surface area (Å²) in [6.07, 6.45) is 0. The van der Waals surface area contributed by atoms with Gasteiger partial charge in [0, 0.05) is 26.6 Å². The molecule has 13 heavy (non-hydrogen) atoms. The van der Waals surface area contributed by atoms with Gasteiger partial charge in [-0.3, -0.25) is 4.79 Å². The minimum Gasteiger partial charge on any atom is -0.383 e. The van der Waals surface area contributed by atoms with Gasteiger partial charge in [0.15, 0.2) is 0 Å². The van der Waals surface area contributed by atoms with Crippen LogP contribution in [0.2, 0.25) is 0 Å². The van der Waals surface area contributed by atoms with Gasteiger partial charge < -0.3 is 9.64 Å². The number of hydrogen-bond acceptors (Lipinski definition) is 2. The Morgan fingerprint density at radius 2 is 2.08 bits per heavy atom. The van der Waals surface area contributed by atoms with E-state index in [0.29, 0.717) is 13.2 Å². The average molecular weight is 252 g/mol. The lowest BCUT2D eigenvalue weighted by Crippen LogP contribution is -2.36. The predicted octanol–water partition coefficient (Wildman–Crippen LogP) is 1.51. The average Bonchev–Trinajstić information content (AvgIpc) is 2.03. The van der Waals surface area contributed by atoms with Gasteiger partial charge in [-0.1, -0.05) is 29.8 Å². The zero-order valence-electron chi connectivity index (χ0n) is 8.71. The molecule has 3 nitrogen and oxygen atoms in total. The molecule has 0 aliphatic carbocycles. The molecule has 78 valence electrons. The summed E-state index contributed by atoms with van der Waals surface area (Å²) in [4.78, 5) is 13.4. The Balaban J connectivity index is 3.85. The highest BCUT2D eigenvalue weighted by atomic mass is 79.9. The van der Waals surface area contributed by atoms with E-state index < -0.39 is 0 Å². The van der Waals surface area contributed by atoms with E-state index in [4.69, 9.17) is 4.74 Å². The number of hydrogen-bond donors (Lipinski definition) is 0. The molecule has 0 spiro atoms. The van der Waals surface area contributed by atoms with Gasteiger partial charge in [-0.05, 0) is 0 Å². The molecule has 0 rings (SSSR count). The zero-order valence-corrected chi connectivity index (χ0v) is 10.3. The number of rotatable bonds is 5. The molecule has 0 N–H and O–H groups in total.